The summed E-state index contributed by atoms with van der Waals surface area (Å²) in [5, 5.41) is 7.13. The van der Waals surface area contributed by atoms with Gasteiger partial charge in [-0.3, -0.25) is 14.2 Å². The Morgan fingerprint density at radius 2 is 1.76 bits per heavy atom. The molecule has 1 amide bonds. The lowest BCUT2D eigenvalue weighted by Crippen LogP contribution is -2.27. The van der Waals surface area contributed by atoms with E-state index in [9.17, 15) is 9.59 Å². The van der Waals surface area contributed by atoms with Crippen LogP contribution in [0, 0.1) is 18.8 Å². The van der Waals surface area contributed by atoms with E-state index in [1.165, 1.54) is 25.3 Å². The molecule has 0 spiro atoms. The maximum Gasteiger partial charge on any atom is 0.256 e. The number of anilines is 1. The van der Waals surface area contributed by atoms with Gasteiger partial charge in [-0.2, -0.15) is 4.98 Å². The predicted molar refractivity (Wildman–Crippen MR) is 139 cm³/mol. The van der Waals surface area contributed by atoms with E-state index in [-0.39, 0.29) is 11.5 Å². The van der Waals surface area contributed by atoms with Gasteiger partial charge in [0.25, 0.3) is 11.5 Å². The minimum Gasteiger partial charge on any atom is -0.354 e. The zero-order valence-electron chi connectivity index (χ0n) is 21.0. The topological polar surface area (TPSA) is 88.9 Å². The molecule has 0 aliphatic carbocycles. The molecule has 2 N–H and O–H groups in total. The number of fused-ring (bicyclic) bond motifs is 1. The number of benzene rings is 1. The van der Waals surface area contributed by atoms with Gasteiger partial charge >= 0.3 is 0 Å². The number of carbonyl (C=O) groups is 1. The Morgan fingerprint density at radius 3 is 2.41 bits per heavy atom. The van der Waals surface area contributed by atoms with Crippen LogP contribution in [0.4, 0.5) is 5.95 Å². The Bertz CT molecular complexity index is 1170. The lowest BCUT2D eigenvalue weighted by molar-refractivity contribution is 0.0949. The summed E-state index contributed by atoms with van der Waals surface area (Å²) < 4.78 is 1.58. The van der Waals surface area contributed by atoms with Crippen LogP contribution in [0.1, 0.15) is 69.4 Å². The number of unbranched alkanes of at least 4 members (excludes halogenated alkanes) is 1. The largest absolute Gasteiger partial charge is 0.354 e. The Labute approximate surface area is 202 Å². The minimum atomic E-state index is -0.178. The van der Waals surface area contributed by atoms with Crippen LogP contribution in [-0.2, 0) is 0 Å². The average molecular weight is 464 g/mol. The lowest BCUT2D eigenvalue weighted by atomic mass is 9.99. The highest BCUT2D eigenvalue weighted by Gasteiger charge is 2.14. The molecule has 7 heteroatoms. The first-order chi connectivity index (χ1) is 16.3. The zero-order valence-corrected chi connectivity index (χ0v) is 21.0. The van der Waals surface area contributed by atoms with E-state index in [0.29, 0.717) is 41.2 Å². The molecule has 1 atom stereocenters. The van der Waals surface area contributed by atoms with Gasteiger partial charge in [0.05, 0.1) is 11.4 Å². The molecular formula is C27H37N5O2. The van der Waals surface area contributed by atoms with Crippen molar-refractivity contribution < 1.29 is 4.79 Å². The SMILES string of the molecule is CCCCC(CC)CNc1nc(C)c2ccc(=O)n(-c3ccc(C(=O)NCC(C)C)cc3)c2n1. The van der Waals surface area contributed by atoms with Crippen molar-refractivity contribution in [3.63, 3.8) is 0 Å². The molecule has 0 saturated carbocycles. The van der Waals surface area contributed by atoms with Gasteiger partial charge in [0.15, 0.2) is 5.65 Å². The molecular weight excluding hydrogens is 426 g/mol. The van der Waals surface area contributed by atoms with Crippen LogP contribution in [0.2, 0.25) is 0 Å². The molecule has 0 fully saturated rings. The van der Waals surface area contributed by atoms with Gasteiger partial charge in [0.1, 0.15) is 0 Å². The molecule has 7 nitrogen and oxygen atoms in total. The van der Waals surface area contributed by atoms with Crippen molar-refractivity contribution in [3.05, 3.63) is 58.0 Å². The van der Waals surface area contributed by atoms with Crippen molar-refractivity contribution >= 4 is 22.9 Å². The minimum absolute atomic E-state index is 0.122. The fourth-order valence-corrected chi connectivity index (χ4v) is 3.93. The number of hydrogen-bond acceptors (Lipinski definition) is 5. The molecule has 0 bridgehead atoms. The van der Waals surface area contributed by atoms with Gasteiger partial charge in [-0.1, -0.05) is 47.0 Å². The molecule has 3 aromatic rings. The van der Waals surface area contributed by atoms with Crippen LogP contribution in [0.5, 0.6) is 0 Å². The van der Waals surface area contributed by atoms with E-state index < -0.39 is 0 Å². The maximum absolute atomic E-state index is 12.9. The summed E-state index contributed by atoms with van der Waals surface area (Å²) in [5.41, 5.74) is 2.41. The first kappa shape index (κ1) is 25.4. The molecule has 1 aromatic carbocycles. The smallest absolute Gasteiger partial charge is 0.256 e. The van der Waals surface area contributed by atoms with E-state index in [0.717, 1.165) is 24.0 Å². The fourth-order valence-electron chi connectivity index (χ4n) is 3.93. The third-order valence-corrected chi connectivity index (χ3v) is 6.09. The first-order valence-corrected chi connectivity index (χ1v) is 12.4. The van der Waals surface area contributed by atoms with Gasteiger partial charge in [0.2, 0.25) is 5.95 Å². The summed E-state index contributed by atoms with van der Waals surface area (Å²) in [6, 6.07) is 10.4. The summed E-state index contributed by atoms with van der Waals surface area (Å²) >= 11 is 0. The second-order valence-electron chi connectivity index (χ2n) is 9.33. The highest BCUT2D eigenvalue weighted by molar-refractivity contribution is 5.94. The Hall–Kier alpha value is -3.22. The standard InChI is InChI=1S/C27H37N5O2/c1-6-8-9-20(7-2)17-29-27-30-19(5)23-14-15-24(33)32(25(23)31-27)22-12-10-21(11-13-22)26(34)28-16-18(3)4/h10-15,18,20H,6-9,16-17H2,1-5H3,(H,28,34)(H,29,30,31). The Balaban J connectivity index is 1.92. The monoisotopic (exact) mass is 463 g/mol. The molecule has 2 aromatic heterocycles. The van der Waals surface area contributed by atoms with Crippen LogP contribution in [0.3, 0.4) is 0 Å². The third-order valence-electron chi connectivity index (χ3n) is 6.09. The zero-order chi connectivity index (χ0) is 24.7. The molecule has 0 radical (unpaired) electrons. The number of rotatable bonds is 11. The molecule has 3 rings (SSSR count). The maximum atomic E-state index is 12.9. The van der Waals surface area contributed by atoms with Gasteiger partial charge in [-0.05, 0) is 55.5 Å². The quantitative estimate of drug-likeness (QED) is 0.413. The lowest BCUT2D eigenvalue weighted by Gasteiger charge is -2.17. The first-order valence-electron chi connectivity index (χ1n) is 12.4. The number of nitrogens with zero attached hydrogens (tertiary/aromatic N) is 3. The molecule has 0 saturated heterocycles. The second-order valence-corrected chi connectivity index (χ2v) is 9.33. The average Bonchev–Trinajstić information content (AvgIpc) is 2.82. The van der Waals surface area contributed by atoms with Gasteiger partial charge in [-0.15, -0.1) is 0 Å². The number of amides is 1. The molecule has 182 valence electrons. The highest BCUT2D eigenvalue weighted by atomic mass is 16.1. The summed E-state index contributed by atoms with van der Waals surface area (Å²) in [5.74, 6) is 1.35. The van der Waals surface area contributed by atoms with Crippen molar-refractivity contribution in [1.82, 2.24) is 19.9 Å². The van der Waals surface area contributed by atoms with Gasteiger partial charge in [-0.25, -0.2) is 4.98 Å². The Kier molecular flexibility index (Phi) is 8.79. The summed E-state index contributed by atoms with van der Waals surface area (Å²) in [6.07, 6.45) is 4.67. The second kappa shape index (κ2) is 11.8. The van der Waals surface area contributed by atoms with Gasteiger partial charge < -0.3 is 10.6 Å². The van der Waals surface area contributed by atoms with Crippen molar-refractivity contribution in [2.75, 3.05) is 18.4 Å². The normalized spacial score (nSPS) is 12.2. The Morgan fingerprint density at radius 1 is 1.03 bits per heavy atom. The summed E-state index contributed by atoms with van der Waals surface area (Å²) in [6.45, 7) is 11.9. The number of pyridine rings is 1. The summed E-state index contributed by atoms with van der Waals surface area (Å²) in [4.78, 5) is 34.6. The third kappa shape index (κ3) is 6.22. The highest BCUT2D eigenvalue weighted by Crippen LogP contribution is 2.20. The number of aryl methyl sites for hydroxylation is 1. The molecule has 1 unspecified atom stereocenters. The molecule has 0 aliphatic heterocycles. The van der Waals surface area contributed by atoms with E-state index >= 15 is 0 Å². The molecule has 2 heterocycles. The van der Waals surface area contributed by atoms with Crippen molar-refractivity contribution in [1.29, 1.82) is 0 Å². The van der Waals surface area contributed by atoms with E-state index in [1.807, 2.05) is 6.92 Å². The fraction of sp³-hybridized carbons (Fsp3) is 0.481. The van der Waals surface area contributed by atoms with E-state index in [2.05, 4.69) is 43.3 Å². The van der Waals surface area contributed by atoms with Crippen molar-refractivity contribution in [3.8, 4) is 5.69 Å². The predicted octanol–water partition coefficient (Wildman–Crippen LogP) is 5.10. The number of aromatic nitrogens is 3. The number of carbonyl (C=O) groups excluding carboxylic acids is 1. The van der Waals surface area contributed by atoms with Crippen molar-refractivity contribution in [2.45, 2.75) is 60.3 Å². The van der Waals surface area contributed by atoms with Crippen molar-refractivity contribution in [2.24, 2.45) is 11.8 Å². The van der Waals surface area contributed by atoms with Crippen LogP contribution in [-0.4, -0.2) is 33.5 Å². The van der Waals surface area contributed by atoms with Crippen LogP contribution < -0.4 is 16.2 Å². The van der Waals surface area contributed by atoms with Crippen LogP contribution in [0.15, 0.2) is 41.2 Å². The number of nitrogens with one attached hydrogen (secondary N) is 2. The van der Waals surface area contributed by atoms with E-state index in [1.54, 1.807) is 34.9 Å². The molecule has 34 heavy (non-hydrogen) atoms. The van der Waals surface area contributed by atoms with Crippen LogP contribution in [0.25, 0.3) is 16.7 Å². The summed E-state index contributed by atoms with van der Waals surface area (Å²) in [7, 11) is 0. The van der Waals surface area contributed by atoms with Crippen LogP contribution >= 0.6 is 0 Å². The number of hydrogen-bond donors (Lipinski definition) is 2. The van der Waals surface area contributed by atoms with E-state index in [4.69, 9.17) is 4.98 Å². The van der Waals surface area contributed by atoms with Gasteiger partial charge in [0, 0.05) is 30.1 Å². The molecule has 0 aliphatic rings.